The third-order valence-electron chi connectivity index (χ3n) is 6.28. The van der Waals surface area contributed by atoms with Crippen molar-refractivity contribution in [3.8, 4) is 0 Å². The van der Waals surface area contributed by atoms with Crippen LogP contribution < -0.4 is 16.1 Å². The summed E-state index contributed by atoms with van der Waals surface area (Å²) in [5, 5.41) is 1.85. The Morgan fingerprint density at radius 3 is 2.84 bits per heavy atom. The Bertz CT molecular complexity index is 1350. The van der Waals surface area contributed by atoms with E-state index in [4.69, 9.17) is 24.3 Å². The largest absolute Gasteiger partial charge is 0.471 e. The summed E-state index contributed by atoms with van der Waals surface area (Å²) < 4.78 is 27.9. The van der Waals surface area contributed by atoms with Crippen molar-refractivity contribution in [3.63, 3.8) is 0 Å². The first-order valence-corrected chi connectivity index (χ1v) is 11.7. The van der Waals surface area contributed by atoms with Gasteiger partial charge in [0.05, 0.1) is 17.0 Å². The molecule has 0 aliphatic carbocycles. The normalized spacial score (nSPS) is 25.5. The number of hydrogen-bond donors (Lipinski definition) is 2. The van der Waals surface area contributed by atoms with Crippen LogP contribution in [-0.2, 0) is 42.1 Å². The van der Waals surface area contributed by atoms with Gasteiger partial charge in [-0.25, -0.2) is 9.36 Å². The van der Waals surface area contributed by atoms with E-state index in [0.29, 0.717) is 17.8 Å². The highest BCUT2D eigenvalue weighted by atomic mass is 31.2. The number of aromatic nitrogens is 1. The van der Waals surface area contributed by atoms with Crippen LogP contribution in [0.2, 0.25) is 0 Å². The predicted octanol–water partition coefficient (Wildman–Crippen LogP) is 0.379. The summed E-state index contributed by atoms with van der Waals surface area (Å²) in [6, 6.07) is 9.19. The summed E-state index contributed by atoms with van der Waals surface area (Å²) in [4.78, 5) is 48.9. The Labute approximate surface area is 182 Å². The van der Waals surface area contributed by atoms with E-state index >= 15 is 0 Å². The second-order valence-electron chi connectivity index (χ2n) is 7.98. The molecule has 2 aromatic rings. The number of carbonyl (C=O) groups excluding carboxylic acids is 1. The molecule has 3 unspecified atom stereocenters. The lowest BCUT2D eigenvalue weighted by molar-refractivity contribution is -0.192. The molecule has 0 saturated heterocycles. The van der Waals surface area contributed by atoms with Crippen LogP contribution in [0.15, 0.2) is 40.1 Å². The third kappa shape index (κ3) is 3.27. The van der Waals surface area contributed by atoms with Crippen LogP contribution in [0, 0.1) is 5.92 Å². The minimum Gasteiger partial charge on any atom is -0.458 e. The number of phosphoric acid groups is 1. The van der Waals surface area contributed by atoms with Gasteiger partial charge in [-0.15, -0.1) is 0 Å². The first-order valence-electron chi connectivity index (χ1n) is 10.2. The average molecular weight is 460 g/mol. The van der Waals surface area contributed by atoms with Gasteiger partial charge in [0.25, 0.3) is 5.56 Å². The number of benzene rings is 1. The molecule has 3 aliphatic rings. The Balaban J connectivity index is 1.63. The number of phosphoric ester groups is 1. The van der Waals surface area contributed by atoms with E-state index in [1.807, 2.05) is 24.3 Å². The number of nitrogens with zero attached hydrogens (tertiary/aromatic N) is 2. The highest BCUT2D eigenvalue weighted by Gasteiger charge is 2.49. The summed E-state index contributed by atoms with van der Waals surface area (Å²) in [5.41, 5.74) is -0.730. The third-order valence-corrected chi connectivity index (χ3v) is 6.72. The van der Waals surface area contributed by atoms with Crippen molar-refractivity contribution < 1.29 is 33.1 Å². The minimum atomic E-state index is -4.81. The fraction of sp³-hybridized carbons (Fsp3) is 0.381. The number of cyclic esters (lactones) is 1. The Hall–Kier alpha value is -2.62. The lowest BCUT2D eigenvalue weighted by atomic mass is 9.85. The van der Waals surface area contributed by atoms with Crippen molar-refractivity contribution in [1.29, 1.82) is 0 Å². The predicted molar refractivity (Wildman–Crippen MR) is 109 cm³/mol. The Morgan fingerprint density at radius 2 is 2.09 bits per heavy atom. The molecule has 4 heterocycles. The van der Waals surface area contributed by atoms with E-state index in [1.165, 1.54) is 0 Å². The number of carbonyl (C=O) groups is 1. The maximum Gasteiger partial charge on any atom is 0.471 e. The van der Waals surface area contributed by atoms with Crippen molar-refractivity contribution in [3.05, 3.63) is 68.1 Å². The van der Waals surface area contributed by atoms with Gasteiger partial charge in [0.2, 0.25) is 0 Å². The molecule has 1 aromatic heterocycles. The molecular formula is C21H21N2O8P. The monoisotopic (exact) mass is 460 g/mol. The molecule has 0 amide bonds. The van der Waals surface area contributed by atoms with Gasteiger partial charge in [-0.3, -0.25) is 14.3 Å². The number of esters is 1. The highest BCUT2D eigenvalue weighted by molar-refractivity contribution is 7.46. The van der Waals surface area contributed by atoms with Gasteiger partial charge in [0.15, 0.2) is 12.4 Å². The quantitative estimate of drug-likeness (QED) is 0.371. The first kappa shape index (κ1) is 21.2. The van der Waals surface area contributed by atoms with Crippen LogP contribution in [0.1, 0.15) is 36.2 Å². The van der Waals surface area contributed by atoms with Crippen molar-refractivity contribution in [1.82, 2.24) is 4.57 Å². The number of ether oxygens (including phenoxy) is 2. The molecule has 10 nitrogen and oxygen atoms in total. The van der Waals surface area contributed by atoms with Crippen LogP contribution in [0.3, 0.4) is 0 Å². The molecular weight excluding hydrogens is 439 g/mol. The fourth-order valence-electron chi connectivity index (χ4n) is 4.74. The van der Waals surface area contributed by atoms with E-state index in [0.717, 1.165) is 10.6 Å². The Kier molecular flexibility index (Phi) is 4.96. The van der Waals surface area contributed by atoms with Crippen LogP contribution in [0.25, 0.3) is 6.08 Å². The molecule has 0 bridgehead atoms. The topological polar surface area (TPSA) is 137 Å². The number of rotatable bonds is 5. The smallest absolute Gasteiger partial charge is 0.458 e. The van der Waals surface area contributed by atoms with Gasteiger partial charge in [-0.2, -0.15) is 0 Å². The summed E-state index contributed by atoms with van der Waals surface area (Å²) in [7, 11) is -4.81. The molecule has 32 heavy (non-hydrogen) atoms. The van der Waals surface area contributed by atoms with E-state index in [9.17, 15) is 14.2 Å². The van der Waals surface area contributed by atoms with Crippen molar-refractivity contribution in [2.75, 3.05) is 6.79 Å². The summed E-state index contributed by atoms with van der Waals surface area (Å²) in [6.45, 7) is 1.08. The van der Waals surface area contributed by atoms with Crippen LogP contribution >= 0.6 is 7.82 Å². The lowest BCUT2D eigenvalue weighted by Gasteiger charge is -2.36. The molecule has 0 fully saturated rings. The van der Waals surface area contributed by atoms with Gasteiger partial charge in [0.1, 0.15) is 6.61 Å². The summed E-state index contributed by atoms with van der Waals surface area (Å²) >= 11 is 0. The van der Waals surface area contributed by atoms with E-state index in [1.54, 1.807) is 17.6 Å². The van der Waals surface area contributed by atoms with Crippen molar-refractivity contribution in [2.24, 2.45) is 10.9 Å². The van der Waals surface area contributed by atoms with Crippen molar-refractivity contribution >= 4 is 19.9 Å². The second-order valence-corrected chi connectivity index (χ2v) is 9.22. The SMILES string of the molecule is CCC1(OCOP(=O)(O)O)C(=O)OCc2c1cc1n(c2=O)CC2C=c3ccccc3=NC12. The number of pyridine rings is 1. The minimum absolute atomic E-state index is 0.00647. The maximum atomic E-state index is 13.4. The molecule has 0 radical (unpaired) electrons. The molecule has 0 saturated carbocycles. The highest BCUT2D eigenvalue weighted by Crippen LogP contribution is 2.43. The number of para-hydroxylation sites is 1. The van der Waals surface area contributed by atoms with E-state index in [2.05, 4.69) is 10.6 Å². The zero-order valence-electron chi connectivity index (χ0n) is 17.1. The Morgan fingerprint density at radius 1 is 1.31 bits per heavy atom. The number of fused-ring (bicyclic) bond motifs is 5. The second kappa shape index (κ2) is 7.47. The zero-order valence-corrected chi connectivity index (χ0v) is 18.0. The molecule has 168 valence electrons. The van der Waals surface area contributed by atoms with Gasteiger partial charge >= 0.3 is 13.8 Å². The first-order chi connectivity index (χ1) is 15.2. The molecule has 0 spiro atoms. The van der Waals surface area contributed by atoms with Gasteiger partial charge in [-0.1, -0.05) is 31.2 Å². The summed E-state index contributed by atoms with van der Waals surface area (Å²) in [6.07, 6.45) is 2.18. The molecule has 1 aromatic carbocycles. The standard InChI is InChI=1S/C21H21N2O8P/c1-2-21(30-11-31-32(26,27)28)15-8-17-18-13(7-12-5-3-4-6-16(12)22-18)9-23(17)19(24)14(15)10-29-20(21)25/h3-8,13,18H,2,9-11H2,1H3,(H2,26,27,28). The molecule has 3 atom stereocenters. The molecule has 11 heteroatoms. The van der Waals surface area contributed by atoms with Crippen molar-refractivity contribution in [2.45, 2.75) is 38.1 Å². The molecule has 2 N–H and O–H groups in total. The van der Waals surface area contributed by atoms with Gasteiger partial charge in [0, 0.05) is 23.7 Å². The zero-order chi connectivity index (χ0) is 22.7. The molecule has 3 aliphatic heterocycles. The van der Waals surface area contributed by atoms with Gasteiger partial charge in [-0.05, 0) is 23.8 Å². The van der Waals surface area contributed by atoms with Crippen LogP contribution in [0.5, 0.6) is 0 Å². The maximum absolute atomic E-state index is 13.4. The number of hydrogen-bond acceptors (Lipinski definition) is 7. The van der Waals surface area contributed by atoms with Crippen LogP contribution in [0.4, 0.5) is 0 Å². The molecule has 5 rings (SSSR count). The van der Waals surface area contributed by atoms with E-state index < -0.39 is 26.2 Å². The average Bonchev–Trinajstić information content (AvgIpc) is 3.11. The lowest BCUT2D eigenvalue weighted by Crippen LogP contribution is -2.46. The van der Waals surface area contributed by atoms with Gasteiger partial charge < -0.3 is 23.8 Å². The van der Waals surface area contributed by atoms with E-state index in [-0.39, 0.29) is 36.1 Å². The summed E-state index contributed by atoms with van der Waals surface area (Å²) in [5.74, 6) is -0.744. The van der Waals surface area contributed by atoms with Crippen LogP contribution in [-0.4, -0.2) is 27.1 Å². The fourth-order valence-corrected chi connectivity index (χ4v) is 4.93.